The molecule has 2 fully saturated rings. The zero-order chi connectivity index (χ0) is 18.6. The Bertz CT molecular complexity index is 709. The number of aryl methyl sites for hydroxylation is 1. The predicted molar refractivity (Wildman–Crippen MR) is 117 cm³/mol. The molecule has 0 spiro atoms. The minimum Gasteiger partial charge on any atom is -0.0651 e. The quantitative estimate of drug-likeness (QED) is 0.506. The number of fused-ring (bicyclic) bond motifs is 1. The van der Waals surface area contributed by atoms with E-state index in [1.165, 1.54) is 74.5 Å². The van der Waals surface area contributed by atoms with Gasteiger partial charge in [0, 0.05) is 0 Å². The number of hydrogen-bond donors (Lipinski definition) is 0. The van der Waals surface area contributed by atoms with Crippen molar-refractivity contribution in [2.45, 2.75) is 77.6 Å². The van der Waals surface area contributed by atoms with Gasteiger partial charge in [-0.3, -0.25) is 0 Å². The second kappa shape index (κ2) is 8.63. The van der Waals surface area contributed by atoms with Gasteiger partial charge in [0.05, 0.1) is 0 Å². The molecule has 144 valence electrons. The molecule has 0 aromatic heterocycles. The van der Waals surface area contributed by atoms with Crippen LogP contribution < -0.4 is 0 Å². The van der Waals surface area contributed by atoms with Crippen LogP contribution in [0.15, 0.2) is 48.5 Å². The molecule has 27 heavy (non-hydrogen) atoms. The summed E-state index contributed by atoms with van der Waals surface area (Å²) in [6.45, 7) is 4.63. The first-order valence-corrected chi connectivity index (χ1v) is 11.5. The first-order chi connectivity index (χ1) is 13.3. The number of rotatable bonds is 5. The Kier molecular flexibility index (Phi) is 6.01. The van der Waals surface area contributed by atoms with Gasteiger partial charge in [-0.2, -0.15) is 0 Å². The summed E-state index contributed by atoms with van der Waals surface area (Å²) in [6.07, 6.45) is 12.6. The Morgan fingerprint density at radius 2 is 1.33 bits per heavy atom. The summed E-state index contributed by atoms with van der Waals surface area (Å²) >= 11 is 0. The zero-order valence-electron chi connectivity index (χ0n) is 17.3. The number of hydrogen-bond acceptors (Lipinski definition) is 0. The van der Waals surface area contributed by atoms with Crippen molar-refractivity contribution in [2.75, 3.05) is 0 Å². The lowest BCUT2D eigenvalue weighted by atomic mass is 9.63. The molecule has 2 aromatic rings. The van der Waals surface area contributed by atoms with Gasteiger partial charge in [-0.1, -0.05) is 81.6 Å². The molecular weight excluding hydrogens is 324 g/mol. The van der Waals surface area contributed by atoms with E-state index in [0.29, 0.717) is 0 Å². The van der Waals surface area contributed by atoms with E-state index in [-0.39, 0.29) is 0 Å². The highest BCUT2D eigenvalue weighted by molar-refractivity contribution is 5.64. The molecule has 0 radical (unpaired) electrons. The van der Waals surface area contributed by atoms with Crippen LogP contribution in [-0.4, -0.2) is 0 Å². The van der Waals surface area contributed by atoms with Gasteiger partial charge in [0.2, 0.25) is 0 Å². The standard InChI is InChI=1S/C27H36/c1-3-5-21-7-9-22(10-8-21)23-12-14-24(15-13-23)26-17-16-25-18-20(4-2)6-11-27(25)19-26/h7-10,12-15,20,25-27H,3-6,11,16-19H2,1-2H3. The van der Waals surface area contributed by atoms with Gasteiger partial charge in [-0.15, -0.1) is 0 Å². The van der Waals surface area contributed by atoms with Crippen LogP contribution in [-0.2, 0) is 6.42 Å². The summed E-state index contributed by atoms with van der Waals surface area (Å²) < 4.78 is 0. The molecule has 0 amide bonds. The summed E-state index contributed by atoms with van der Waals surface area (Å²) in [6, 6.07) is 18.7. The Morgan fingerprint density at radius 3 is 2.00 bits per heavy atom. The van der Waals surface area contributed by atoms with E-state index >= 15 is 0 Å². The highest BCUT2D eigenvalue weighted by Gasteiger charge is 2.35. The van der Waals surface area contributed by atoms with Gasteiger partial charge in [0.15, 0.2) is 0 Å². The molecule has 0 aliphatic heterocycles. The van der Waals surface area contributed by atoms with Crippen molar-refractivity contribution in [1.29, 1.82) is 0 Å². The molecule has 4 rings (SSSR count). The molecule has 0 heterocycles. The molecule has 2 saturated carbocycles. The summed E-state index contributed by atoms with van der Waals surface area (Å²) in [5, 5.41) is 0. The fraction of sp³-hybridized carbons (Fsp3) is 0.556. The largest absolute Gasteiger partial charge is 0.0651 e. The lowest BCUT2D eigenvalue weighted by Crippen LogP contribution is -2.30. The molecule has 2 aliphatic rings. The van der Waals surface area contributed by atoms with Gasteiger partial charge in [0.1, 0.15) is 0 Å². The number of benzene rings is 2. The topological polar surface area (TPSA) is 0 Å². The normalized spacial score (nSPS) is 27.9. The minimum absolute atomic E-state index is 0.797. The van der Waals surface area contributed by atoms with Crippen molar-refractivity contribution in [2.24, 2.45) is 17.8 Å². The van der Waals surface area contributed by atoms with Crippen molar-refractivity contribution in [3.8, 4) is 11.1 Å². The van der Waals surface area contributed by atoms with Crippen LogP contribution in [0.3, 0.4) is 0 Å². The van der Waals surface area contributed by atoms with Gasteiger partial charge in [-0.05, 0) is 84.5 Å². The third-order valence-corrected chi connectivity index (χ3v) is 7.51. The van der Waals surface area contributed by atoms with E-state index in [0.717, 1.165) is 23.7 Å². The summed E-state index contributed by atoms with van der Waals surface area (Å²) in [5.41, 5.74) is 5.74. The zero-order valence-corrected chi connectivity index (χ0v) is 17.3. The third-order valence-electron chi connectivity index (χ3n) is 7.51. The van der Waals surface area contributed by atoms with Gasteiger partial charge in [0.25, 0.3) is 0 Å². The molecule has 0 nitrogen and oxygen atoms in total. The Labute approximate surface area is 166 Å². The fourth-order valence-corrected chi connectivity index (χ4v) is 5.76. The maximum absolute atomic E-state index is 2.41. The van der Waals surface area contributed by atoms with Gasteiger partial charge >= 0.3 is 0 Å². The SMILES string of the molecule is CCCc1ccc(-c2ccc(C3CCC4CC(CC)CCC4C3)cc2)cc1. The lowest BCUT2D eigenvalue weighted by molar-refractivity contribution is 0.116. The van der Waals surface area contributed by atoms with E-state index in [9.17, 15) is 0 Å². The van der Waals surface area contributed by atoms with E-state index in [1.807, 2.05) is 0 Å². The average Bonchev–Trinajstić information content (AvgIpc) is 2.74. The van der Waals surface area contributed by atoms with E-state index in [2.05, 4.69) is 62.4 Å². The van der Waals surface area contributed by atoms with Crippen molar-refractivity contribution in [3.63, 3.8) is 0 Å². The van der Waals surface area contributed by atoms with Crippen LogP contribution in [0.4, 0.5) is 0 Å². The van der Waals surface area contributed by atoms with Crippen LogP contribution in [0.25, 0.3) is 11.1 Å². The fourth-order valence-electron chi connectivity index (χ4n) is 5.76. The van der Waals surface area contributed by atoms with Crippen LogP contribution >= 0.6 is 0 Å². The third kappa shape index (κ3) is 4.31. The van der Waals surface area contributed by atoms with Crippen LogP contribution in [0.2, 0.25) is 0 Å². The van der Waals surface area contributed by atoms with Crippen molar-refractivity contribution in [3.05, 3.63) is 59.7 Å². The molecule has 2 aliphatic carbocycles. The van der Waals surface area contributed by atoms with Gasteiger partial charge in [-0.25, -0.2) is 0 Å². The average molecular weight is 361 g/mol. The maximum atomic E-state index is 2.41. The molecule has 0 heteroatoms. The van der Waals surface area contributed by atoms with Crippen molar-refractivity contribution >= 4 is 0 Å². The smallest absolute Gasteiger partial charge is 0.0159 e. The molecular formula is C27H36. The van der Waals surface area contributed by atoms with Crippen molar-refractivity contribution < 1.29 is 0 Å². The molecule has 4 unspecified atom stereocenters. The van der Waals surface area contributed by atoms with E-state index in [4.69, 9.17) is 0 Å². The van der Waals surface area contributed by atoms with Crippen LogP contribution in [0, 0.1) is 17.8 Å². The van der Waals surface area contributed by atoms with Crippen LogP contribution in [0.5, 0.6) is 0 Å². The monoisotopic (exact) mass is 360 g/mol. The molecule has 0 bridgehead atoms. The summed E-state index contributed by atoms with van der Waals surface area (Å²) in [5.74, 6) is 3.84. The highest BCUT2D eigenvalue weighted by atomic mass is 14.4. The van der Waals surface area contributed by atoms with E-state index < -0.39 is 0 Å². The lowest BCUT2D eigenvalue weighted by Gasteiger charge is -2.42. The highest BCUT2D eigenvalue weighted by Crippen LogP contribution is 2.48. The summed E-state index contributed by atoms with van der Waals surface area (Å²) in [4.78, 5) is 0. The molecule has 0 saturated heterocycles. The van der Waals surface area contributed by atoms with E-state index in [1.54, 1.807) is 5.56 Å². The Balaban J connectivity index is 1.41. The molecule has 0 N–H and O–H groups in total. The van der Waals surface area contributed by atoms with Gasteiger partial charge < -0.3 is 0 Å². The first-order valence-electron chi connectivity index (χ1n) is 11.5. The van der Waals surface area contributed by atoms with Crippen LogP contribution in [0.1, 0.15) is 82.3 Å². The second-order valence-electron chi connectivity index (χ2n) is 9.19. The maximum Gasteiger partial charge on any atom is -0.0159 e. The predicted octanol–water partition coefficient (Wildman–Crippen LogP) is 8.02. The second-order valence-corrected chi connectivity index (χ2v) is 9.19. The van der Waals surface area contributed by atoms with Crippen molar-refractivity contribution in [1.82, 2.24) is 0 Å². The Morgan fingerprint density at radius 1 is 0.704 bits per heavy atom. The Hall–Kier alpha value is -1.56. The summed E-state index contributed by atoms with van der Waals surface area (Å²) in [7, 11) is 0. The first kappa shape index (κ1) is 18.8. The molecule has 2 aromatic carbocycles. The molecule has 4 atom stereocenters. The minimum atomic E-state index is 0.797.